The van der Waals surface area contributed by atoms with Gasteiger partial charge in [-0.05, 0) is 28.1 Å². The molecule has 0 unspecified atom stereocenters. The first kappa shape index (κ1) is 25.7. The number of pyridine rings is 1. The number of rotatable bonds is 8. The van der Waals surface area contributed by atoms with Gasteiger partial charge in [-0.2, -0.15) is 0 Å². The second kappa shape index (κ2) is 10.4. The smallest absolute Gasteiger partial charge is 0.289 e. The molecule has 0 radical (unpaired) electrons. The van der Waals surface area contributed by atoms with E-state index in [9.17, 15) is 18.5 Å². The molecule has 11 nitrogen and oxygen atoms in total. The van der Waals surface area contributed by atoms with E-state index in [0.29, 0.717) is 30.0 Å². The Bertz CT molecular complexity index is 1470. The normalized spacial score (nSPS) is 17.3. The summed E-state index contributed by atoms with van der Waals surface area (Å²) in [4.78, 5) is 14.2. The average Bonchev–Trinajstić information content (AvgIpc) is 3.55. The molecule has 1 atom stereocenters. The highest BCUT2D eigenvalue weighted by Crippen LogP contribution is 2.42. The zero-order valence-electron chi connectivity index (χ0n) is 18.9. The van der Waals surface area contributed by atoms with Gasteiger partial charge in [-0.25, -0.2) is 13.4 Å². The van der Waals surface area contributed by atoms with Crippen LogP contribution in [-0.4, -0.2) is 44.8 Å². The monoisotopic (exact) mass is 611 g/mol. The summed E-state index contributed by atoms with van der Waals surface area (Å²) in [5.41, 5.74) is 1.15. The molecule has 0 spiro atoms. The third-order valence-corrected chi connectivity index (χ3v) is 8.25. The van der Waals surface area contributed by atoms with Gasteiger partial charge in [0.15, 0.2) is 22.8 Å². The summed E-state index contributed by atoms with van der Waals surface area (Å²) >= 11 is 9.40. The van der Waals surface area contributed by atoms with Crippen molar-refractivity contribution >= 4 is 49.1 Å². The number of nitrogens with zero attached hydrogens (tertiary/aromatic N) is 2. The predicted octanol–water partition coefficient (Wildman–Crippen LogP) is 4.81. The maximum Gasteiger partial charge on any atom is 0.289 e. The standard InChI is InChI=1S/C23H19BrClN3O8S/c24-15-10-18(22(26-21(15)25)27-37(31,32)19-7-2-1-5-16(19)28(29)30)36-12-13-11-35-17-6-3-4-14(20(13)17)23-33-8-9-34-23/h1-7,10,13,23H,8-9,11-12H2,(H,26,27)/t13-/m1/s1. The van der Waals surface area contributed by atoms with Crippen molar-refractivity contribution in [2.75, 3.05) is 31.1 Å². The second-order valence-electron chi connectivity index (χ2n) is 8.09. The van der Waals surface area contributed by atoms with Gasteiger partial charge in [0.2, 0.25) is 0 Å². The zero-order chi connectivity index (χ0) is 26.2. The van der Waals surface area contributed by atoms with E-state index in [1.54, 1.807) is 0 Å². The Labute approximate surface area is 225 Å². The van der Waals surface area contributed by atoms with E-state index in [1.807, 2.05) is 18.2 Å². The quantitative estimate of drug-likeness (QED) is 0.216. The van der Waals surface area contributed by atoms with Gasteiger partial charge in [0, 0.05) is 23.3 Å². The van der Waals surface area contributed by atoms with E-state index < -0.39 is 31.8 Å². The Kier molecular flexibility index (Phi) is 7.23. The first-order chi connectivity index (χ1) is 17.7. The van der Waals surface area contributed by atoms with Crippen molar-refractivity contribution in [3.8, 4) is 11.5 Å². The van der Waals surface area contributed by atoms with Crippen LogP contribution < -0.4 is 14.2 Å². The van der Waals surface area contributed by atoms with Gasteiger partial charge < -0.3 is 18.9 Å². The van der Waals surface area contributed by atoms with Gasteiger partial charge in [-0.15, -0.1) is 0 Å². The van der Waals surface area contributed by atoms with Crippen LogP contribution in [-0.2, 0) is 19.5 Å². The molecule has 194 valence electrons. The number of halogens is 2. The number of benzene rings is 2. The summed E-state index contributed by atoms with van der Waals surface area (Å²) in [7, 11) is -4.41. The first-order valence-corrected chi connectivity index (χ1v) is 13.6. The molecule has 1 aromatic heterocycles. The highest BCUT2D eigenvalue weighted by Gasteiger charge is 2.33. The number of nitro benzene ring substituents is 1. The molecule has 3 heterocycles. The molecule has 5 rings (SSSR count). The highest BCUT2D eigenvalue weighted by atomic mass is 79.9. The number of hydrogen-bond donors (Lipinski definition) is 1. The zero-order valence-corrected chi connectivity index (χ0v) is 22.1. The highest BCUT2D eigenvalue weighted by molar-refractivity contribution is 9.10. The van der Waals surface area contributed by atoms with E-state index in [1.165, 1.54) is 18.2 Å². The minimum atomic E-state index is -4.41. The Hall–Kier alpha value is -2.97. The maximum atomic E-state index is 13.1. The molecule has 2 aliphatic heterocycles. The number of hydrogen-bond acceptors (Lipinski definition) is 9. The van der Waals surface area contributed by atoms with Crippen LogP contribution in [0.3, 0.4) is 0 Å². The fraction of sp³-hybridized carbons (Fsp3) is 0.261. The molecule has 2 aromatic carbocycles. The van der Waals surface area contributed by atoms with Crippen LogP contribution in [0.2, 0.25) is 5.15 Å². The molecular weight excluding hydrogens is 594 g/mol. The van der Waals surface area contributed by atoms with Crippen molar-refractivity contribution in [1.29, 1.82) is 0 Å². The van der Waals surface area contributed by atoms with Gasteiger partial charge in [-0.3, -0.25) is 14.8 Å². The lowest BCUT2D eigenvalue weighted by Crippen LogP contribution is -2.18. The maximum absolute atomic E-state index is 13.1. The minimum Gasteiger partial charge on any atom is -0.493 e. The summed E-state index contributed by atoms with van der Waals surface area (Å²) < 4.78 is 52.0. The summed E-state index contributed by atoms with van der Waals surface area (Å²) in [6.45, 7) is 1.42. The number of sulfonamides is 1. The van der Waals surface area contributed by atoms with Gasteiger partial charge in [0.25, 0.3) is 15.7 Å². The molecular formula is C23H19BrClN3O8S. The van der Waals surface area contributed by atoms with E-state index in [-0.39, 0.29) is 29.2 Å². The molecule has 0 bridgehead atoms. The fourth-order valence-electron chi connectivity index (χ4n) is 4.11. The molecule has 0 aliphatic carbocycles. The van der Waals surface area contributed by atoms with Crippen molar-refractivity contribution in [2.45, 2.75) is 17.1 Å². The van der Waals surface area contributed by atoms with Crippen LogP contribution in [0.25, 0.3) is 0 Å². The number of aromatic nitrogens is 1. The molecule has 37 heavy (non-hydrogen) atoms. The van der Waals surface area contributed by atoms with Crippen LogP contribution in [0.15, 0.2) is 57.9 Å². The van der Waals surface area contributed by atoms with Gasteiger partial charge in [-0.1, -0.05) is 35.9 Å². The number of ether oxygens (including phenoxy) is 4. The Morgan fingerprint density at radius 1 is 1.19 bits per heavy atom. The third-order valence-electron chi connectivity index (χ3n) is 5.74. The average molecular weight is 613 g/mol. The summed E-state index contributed by atoms with van der Waals surface area (Å²) in [5, 5.41) is 11.3. The van der Waals surface area contributed by atoms with Gasteiger partial charge in [0.05, 0.1) is 41.7 Å². The van der Waals surface area contributed by atoms with E-state index in [0.717, 1.165) is 23.3 Å². The molecule has 14 heteroatoms. The van der Waals surface area contributed by atoms with Crippen molar-refractivity contribution in [1.82, 2.24) is 4.98 Å². The van der Waals surface area contributed by atoms with Crippen LogP contribution >= 0.6 is 27.5 Å². The van der Waals surface area contributed by atoms with E-state index in [2.05, 4.69) is 25.6 Å². The first-order valence-electron chi connectivity index (χ1n) is 11.0. The molecule has 0 amide bonds. The van der Waals surface area contributed by atoms with Crippen LogP contribution in [0, 0.1) is 10.1 Å². The molecule has 2 aliphatic rings. The SMILES string of the molecule is O=[N+]([O-])c1ccccc1S(=O)(=O)Nc1nc(Cl)c(Br)cc1OC[C@H]1COc2cccc(C3OCCO3)c21. The number of fused-ring (bicyclic) bond motifs is 1. The van der Waals surface area contributed by atoms with Crippen molar-refractivity contribution in [2.24, 2.45) is 0 Å². The number of para-hydroxylation sites is 1. The van der Waals surface area contributed by atoms with Crippen molar-refractivity contribution in [3.63, 3.8) is 0 Å². The molecule has 1 saturated heterocycles. The third kappa shape index (κ3) is 5.22. The number of anilines is 1. The lowest BCUT2D eigenvalue weighted by molar-refractivity contribution is -0.387. The van der Waals surface area contributed by atoms with Crippen LogP contribution in [0.4, 0.5) is 11.5 Å². The Balaban J connectivity index is 1.42. The molecule has 0 saturated carbocycles. The van der Waals surface area contributed by atoms with E-state index >= 15 is 0 Å². The topological polar surface area (TPSA) is 139 Å². The molecule has 3 aromatic rings. The predicted molar refractivity (Wildman–Crippen MR) is 136 cm³/mol. The van der Waals surface area contributed by atoms with Gasteiger partial charge in [0.1, 0.15) is 10.9 Å². The molecule has 1 fully saturated rings. The van der Waals surface area contributed by atoms with Crippen molar-refractivity contribution < 1.29 is 32.3 Å². The van der Waals surface area contributed by atoms with Crippen LogP contribution in [0.5, 0.6) is 11.5 Å². The Morgan fingerprint density at radius 3 is 2.70 bits per heavy atom. The number of nitro groups is 1. The summed E-state index contributed by atoms with van der Waals surface area (Å²) in [5.74, 6) is 0.324. The van der Waals surface area contributed by atoms with Crippen molar-refractivity contribution in [3.05, 3.63) is 79.4 Å². The minimum absolute atomic E-state index is 0.0278. The lowest BCUT2D eigenvalue weighted by atomic mass is 9.96. The second-order valence-corrected chi connectivity index (χ2v) is 11.0. The summed E-state index contributed by atoms with van der Waals surface area (Å²) in [6.07, 6.45) is -0.505. The number of nitrogens with one attached hydrogen (secondary N) is 1. The lowest BCUT2D eigenvalue weighted by Gasteiger charge is -2.19. The van der Waals surface area contributed by atoms with Gasteiger partial charge >= 0.3 is 0 Å². The largest absolute Gasteiger partial charge is 0.493 e. The Morgan fingerprint density at radius 2 is 1.95 bits per heavy atom. The van der Waals surface area contributed by atoms with Crippen LogP contribution in [0.1, 0.15) is 23.3 Å². The fourth-order valence-corrected chi connectivity index (χ4v) is 5.74. The molecule has 1 N–H and O–H groups in total. The summed E-state index contributed by atoms with van der Waals surface area (Å²) in [6, 6.07) is 12.1. The van der Waals surface area contributed by atoms with E-state index in [4.69, 9.17) is 30.5 Å².